The number of hydrogen-bond donors (Lipinski definition) is 1. The van der Waals surface area contributed by atoms with Gasteiger partial charge in [0.05, 0.1) is 0 Å². The van der Waals surface area contributed by atoms with Gasteiger partial charge in [0.15, 0.2) is 0 Å². The standard InChI is InChI=1S/C14H24N2/c1-11-8-6-7-9-14(11)13(3)15-10-12(2)16(4)5/h6-9,12-13,15H,10H2,1-5H3. The lowest BCUT2D eigenvalue weighted by atomic mass is 10.0. The average Bonchev–Trinajstić information content (AvgIpc) is 2.25. The first kappa shape index (κ1) is 13.2. The summed E-state index contributed by atoms with van der Waals surface area (Å²) in [6.07, 6.45) is 0. The predicted molar refractivity (Wildman–Crippen MR) is 70.7 cm³/mol. The minimum absolute atomic E-state index is 0.420. The number of benzene rings is 1. The van der Waals surface area contributed by atoms with Gasteiger partial charge in [-0.05, 0) is 46.0 Å². The largest absolute Gasteiger partial charge is 0.309 e. The Labute approximate surface area is 99.7 Å². The van der Waals surface area contributed by atoms with Crippen LogP contribution in [0.25, 0.3) is 0 Å². The fourth-order valence-electron chi connectivity index (χ4n) is 1.71. The van der Waals surface area contributed by atoms with E-state index in [0.29, 0.717) is 12.1 Å². The number of nitrogens with zero attached hydrogens (tertiary/aromatic N) is 1. The second kappa shape index (κ2) is 6.02. The van der Waals surface area contributed by atoms with Crippen molar-refractivity contribution in [1.29, 1.82) is 0 Å². The van der Waals surface area contributed by atoms with Crippen LogP contribution in [0, 0.1) is 6.92 Å². The molecule has 1 N–H and O–H groups in total. The molecule has 0 spiro atoms. The Morgan fingerprint density at radius 2 is 1.81 bits per heavy atom. The van der Waals surface area contributed by atoms with Gasteiger partial charge in [-0.1, -0.05) is 24.3 Å². The first-order chi connectivity index (χ1) is 7.52. The average molecular weight is 220 g/mol. The van der Waals surface area contributed by atoms with Crippen molar-refractivity contribution < 1.29 is 0 Å². The quantitative estimate of drug-likeness (QED) is 0.820. The molecule has 0 aliphatic rings. The molecule has 0 amide bonds. The molecular formula is C14H24N2. The van der Waals surface area contributed by atoms with Crippen LogP contribution < -0.4 is 5.32 Å². The SMILES string of the molecule is Cc1ccccc1C(C)NCC(C)N(C)C. The normalized spacial score (nSPS) is 15.1. The Morgan fingerprint density at radius 3 is 2.38 bits per heavy atom. The van der Waals surface area contributed by atoms with Gasteiger partial charge >= 0.3 is 0 Å². The van der Waals surface area contributed by atoms with E-state index in [1.54, 1.807) is 0 Å². The Bertz CT molecular complexity index is 320. The van der Waals surface area contributed by atoms with Gasteiger partial charge in [-0.15, -0.1) is 0 Å². The molecule has 0 heterocycles. The Hall–Kier alpha value is -0.860. The highest BCUT2D eigenvalue weighted by Gasteiger charge is 2.09. The Kier molecular flexibility index (Phi) is 4.97. The van der Waals surface area contributed by atoms with Crippen LogP contribution in [0.15, 0.2) is 24.3 Å². The van der Waals surface area contributed by atoms with Crippen LogP contribution in [0.3, 0.4) is 0 Å². The lowest BCUT2D eigenvalue weighted by Crippen LogP contribution is -2.36. The molecule has 0 bridgehead atoms. The van der Waals surface area contributed by atoms with Crippen molar-refractivity contribution >= 4 is 0 Å². The van der Waals surface area contributed by atoms with Crippen LogP contribution in [0.1, 0.15) is 31.0 Å². The molecule has 2 heteroatoms. The van der Waals surface area contributed by atoms with Gasteiger partial charge in [0.25, 0.3) is 0 Å². The summed E-state index contributed by atoms with van der Waals surface area (Å²) in [5.41, 5.74) is 2.76. The third-order valence-corrected chi connectivity index (χ3v) is 3.26. The van der Waals surface area contributed by atoms with Gasteiger partial charge in [0, 0.05) is 18.6 Å². The van der Waals surface area contributed by atoms with E-state index in [1.807, 2.05) is 0 Å². The molecule has 2 nitrogen and oxygen atoms in total. The molecule has 1 aromatic rings. The molecule has 0 saturated heterocycles. The number of rotatable bonds is 5. The molecule has 2 atom stereocenters. The molecular weight excluding hydrogens is 196 g/mol. The number of hydrogen-bond acceptors (Lipinski definition) is 2. The van der Waals surface area contributed by atoms with E-state index in [9.17, 15) is 0 Å². The highest BCUT2D eigenvalue weighted by atomic mass is 15.1. The summed E-state index contributed by atoms with van der Waals surface area (Å²) in [7, 11) is 4.23. The fourth-order valence-corrected chi connectivity index (χ4v) is 1.71. The third-order valence-electron chi connectivity index (χ3n) is 3.26. The van der Waals surface area contributed by atoms with Crippen LogP contribution in [0.4, 0.5) is 0 Å². The first-order valence-electron chi connectivity index (χ1n) is 5.97. The number of aryl methyl sites for hydroxylation is 1. The van der Waals surface area contributed by atoms with Crippen LogP contribution >= 0.6 is 0 Å². The van der Waals surface area contributed by atoms with Crippen LogP contribution in [0.5, 0.6) is 0 Å². The maximum Gasteiger partial charge on any atom is 0.0295 e. The molecule has 0 saturated carbocycles. The summed E-state index contributed by atoms with van der Waals surface area (Å²) < 4.78 is 0. The van der Waals surface area contributed by atoms with Crippen molar-refractivity contribution in [2.75, 3.05) is 20.6 Å². The van der Waals surface area contributed by atoms with Gasteiger partial charge in [-0.25, -0.2) is 0 Å². The molecule has 2 unspecified atom stereocenters. The van der Waals surface area contributed by atoms with Crippen LogP contribution in [-0.2, 0) is 0 Å². The Balaban J connectivity index is 2.53. The molecule has 16 heavy (non-hydrogen) atoms. The lowest BCUT2D eigenvalue weighted by Gasteiger charge is -2.23. The molecule has 0 radical (unpaired) electrons. The highest BCUT2D eigenvalue weighted by molar-refractivity contribution is 5.28. The zero-order valence-electron chi connectivity index (χ0n) is 11.1. The first-order valence-corrected chi connectivity index (χ1v) is 5.97. The number of likely N-dealkylation sites (N-methyl/N-ethyl adjacent to an activating group) is 1. The summed E-state index contributed by atoms with van der Waals surface area (Å²) in [5.74, 6) is 0. The predicted octanol–water partition coefficient (Wildman–Crippen LogP) is 2.60. The van der Waals surface area contributed by atoms with Crippen LogP contribution in [-0.4, -0.2) is 31.6 Å². The van der Waals surface area contributed by atoms with E-state index in [2.05, 4.69) is 69.3 Å². The van der Waals surface area contributed by atoms with E-state index >= 15 is 0 Å². The molecule has 0 fully saturated rings. The second-order valence-electron chi connectivity index (χ2n) is 4.80. The van der Waals surface area contributed by atoms with E-state index in [-0.39, 0.29) is 0 Å². The summed E-state index contributed by atoms with van der Waals surface area (Å²) in [6.45, 7) is 7.65. The molecule has 1 rings (SSSR count). The zero-order chi connectivity index (χ0) is 12.1. The van der Waals surface area contributed by atoms with E-state index in [1.165, 1.54) is 11.1 Å². The summed E-state index contributed by atoms with van der Waals surface area (Å²) in [6, 6.07) is 9.55. The molecule has 0 aromatic heterocycles. The van der Waals surface area contributed by atoms with Gasteiger partial charge in [-0.3, -0.25) is 0 Å². The van der Waals surface area contributed by atoms with Crippen molar-refractivity contribution in [3.63, 3.8) is 0 Å². The van der Waals surface area contributed by atoms with E-state index < -0.39 is 0 Å². The van der Waals surface area contributed by atoms with Crippen molar-refractivity contribution in [3.05, 3.63) is 35.4 Å². The zero-order valence-corrected chi connectivity index (χ0v) is 11.1. The van der Waals surface area contributed by atoms with E-state index in [4.69, 9.17) is 0 Å². The summed E-state index contributed by atoms with van der Waals surface area (Å²) in [4.78, 5) is 2.23. The van der Waals surface area contributed by atoms with Crippen LogP contribution in [0.2, 0.25) is 0 Å². The van der Waals surface area contributed by atoms with Crippen molar-refractivity contribution in [3.8, 4) is 0 Å². The minimum Gasteiger partial charge on any atom is -0.309 e. The fraction of sp³-hybridized carbons (Fsp3) is 0.571. The van der Waals surface area contributed by atoms with Crippen molar-refractivity contribution in [1.82, 2.24) is 10.2 Å². The summed E-state index contributed by atoms with van der Waals surface area (Å²) in [5, 5.41) is 3.58. The maximum absolute atomic E-state index is 3.58. The second-order valence-corrected chi connectivity index (χ2v) is 4.80. The molecule has 1 aromatic carbocycles. The van der Waals surface area contributed by atoms with E-state index in [0.717, 1.165) is 6.54 Å². The van der Waals surface area contributed by atoms with Gasteiger partial charge < -0.3 is 10.2 Å². The minimum atomic E-state index is 0.420. The summed E-state index contributed by atoms with van der Waals surface area (Å²) >= 11 is 0. The van der Waals surface area contributed by atoms with Crippen molar-refractivity contribution in [2.24, 2.45) is 0 Å². The highest BCUT2D eigenvalue weighted by Crippen LogP contribution is 2.16. The molecule has 0 aliphatic carbocycles. The lowest BCUT2D eigenvalue weighted by molar-refractivity contribution is 0.295. The smallest absolute Gasteiger partial charge is 0.0295 e. The van der Waals surface area contributed by atoms with Crippen molar-refractivity contribution in [2.45, 2.75) is 32.9 Å². The number of nitrogens with one attached hydrogen (secondary N) is 1. The van der Waals surface area contributed by atoms with Gasteiger partial charge in [0.2, 0.25) is 0 Å². The maximum atomic E-state index is 3.58. The molecule has 0 aliphatic heterocycles. The molecule has 90 valence electrons. The topological polar surface area (TPSA) is 15.3 Å². The van der Waals surface area contributed by atoms with Gasteiger partial charge in [-0.2, -0.15) is 0 Å². The van der Waals surface area contributed by atoms with Gasteiger partial charge in [0.1, 0.15) is 0 Å². The monoisotopic (exact) mass is 220 g/mol. The third kappa shape index (κ3) is 3.62. The Morgan fingerprint density at radius 1 is 1.19 bits per heavy atom.